The van der Waals surface area contributed by atoms with Gasteiger partial charge < -0.3 is 9.84 Å². The van der Waals surface area contributed by atoms with Crippen LogP contribution in [0.4, 0.5) is 0 Å². The van der Waals surface area contributed by atoms with Crippen LogP contribution < -0.4 is 5.32 Å². The van der Waals surface area contributed by atoms with E-state index >= 15 is 0 Å². The molecule has 0 aliphatic carbocycles. The SMILES string of the molecule is CCNC(C)Cc1ncno1. The standard InChI is InChI=1S/C7H13N3O/c1-3-8-6(2)4-7-9-5-10-11-7/h5-6,8H,3-4H2,1-2H3. The summed E-state index contributed by atoms with van der Waals surface area (Å²) in [6.07, 6.45) is 2.22. The van der Waals surface area contributed by atoms with E-state index in [-0.39, 0.29) is 0 Å². The number of nitrogens with one attached hydrogen (secondary N) is 1. The monoisotopic (exact) mass is 155 g/mol. The summed E-state index contributed by atoms with van der Waals surface area (Å²) in [7, 11) is 0. The second-order valence-corrected chi connectivity index (χ2v) is 2.50. The average Bonchev–Trinajstić information content (AvgIpc) is 2.40. The van der Waals surface area contributed by atoms with E-state index in [2.05, 4.69) is 29.3 Å². The smallest absolute Gasteiger partial charge is 0.227 e. The zero-order chi connectivity index (χ0) is 8.10. The molecular weight excluding hydrogens is 142 g/mol. The van der Waals surface area contributed by atoms with E-state index in [1.165, 1.54) is 6.33 Å². The molecule has 11 heavy (non-hydrogen) atoms. The molecule has 62 valence electrons. The Morgan fingerprint density at radius 2 is 2.55 bits per heavy atom. The second-order valence-electron chi connectivity index (χ2n) is 2.50. The minimum absolute atomic E-state index is 0.403. The van der Waals surface area contributed by atoms with Crippen LogP contribution in [-0.4, -0.2) is 22.7 Å². The highest BCUT2D eigenvalue weighted by atomic mass is 16.5. The van der Waals surface area contributed by atoms with Crippen molar-refractivity contribution in [1.82, 2.24) is 15.5 Å². The van der Waals surface area contributed by atoms with Crippen molar-refractivity contribution in [2.24, 2.45) is 0 Å². The Kier molecular flexibility index (Phi) is 3.04. The third-order valence-corrected chi connectivity index (χ3v) is 1.44. The maximum absolute atomic E-state index is 4.85. The lowest BCUT2D eigenvalue weighted by atomic mass is 10.2. The lowest BCUT2D eigenvalue weighted by Gasteiger charge is -2.07. The number of rotatable bonds is 4. The van der Waals surface area contributed by atoms with Crippen LogP contribution in [0, 0.1) is 0 Å². The van der Waals surface area contributed by atoms with Gasteiger partial charge in [-0.25, -0.2) is 0 Å². The highest BCUT2D eigenvalue weighted by Gasteiger charge is 2.04. The first-order valence-corrected chi connectivity index (χ1v) is 3.82. The Balaban J connectivity index is 2.31. The van der Waals surface area contributed by atoms with Crippen LogP contribution in [0.5, 0.6) is 0 Å². The molecule has 1 atom stereocenters. The molecule has 0 bridgehead atoms. The van der Waals surface area contributed by atoms with Crippen LogP contribution in [0.15, 0.2) is 10.9 Å². The molecule has 0 radical (unpaired) electrons. The lowest BCUT2D eigenvalue weighted by molar-refractivity contribution is 0.362. The van der Waals surface area contributed by atoms with Crippen molar-refractivity contribution in [3.8, 4) is 0 Å². The van der Waals surface area contributed by atoms with Gasteiger partial charge in [-0.3, -0.25) is 0 Å². The first kappa shape index (κ1) is 8.20. The van der Waals surface area contributed by atoms with Crippen molar-refractivity contribution in [2.45, 2.75) is 26.3 Å². The van der Waals surface area contributed by atoms with Crippen LogP contribution in [0.25, 0.3) is 0 Å². The molecule has 0 saturated heterocycles. The summed E-state index contributed by atoms with van der Waals surface area (Å²) in [6, 6.07) is 0.403. The summed E-state index contributed by atoms with van der Waals surface area (Å²) < 4.78 is 4.85. The van der Waals surface area contributed by atoms with Gasteiger partial charge in [0.2, 0.25) is 5.89 Å². The molecule has 0 saturated carbocycles. The topological polar surface area (TPSA) is 51.0 Å². The van der Waals surface area contributed by atoms with Crippen molar-refractivity contribution in [2.75, 3.05) is 6.54 Å². The molecule has 0 aliphatic heterocycles. The van der Waals surface area contributed by atoms with E-state index in [1.807, 2.05) is 0 Å². The predicted molar refractivity (Wildman–Crippen MR) is 41.1 cm³/mol. The van der Waals surface area contributed by atoms with E-state index in [0.717, 1.165) is 13.0 Å². The molecule has 0 amide bonds. The highest BCUT2D eigenvalue weighted by Crippen LogP contribution is 1.96. The number of likely N-dealkylation sites (N-methyl/N-ethyl adjacent to an activating group) is 1. The van der Waals surface area contributed by atoms with Gasteiger partial charge in [0.05, 0.1) is 0 Å². The fourth-order valence-electron chi connectivity index (χ4n) is 0.968. The third kappa shape index (κ3) is 2.67. The van der Waals surface area contributed by atoms with Crippen LogP contribution in [-0.2, 0) is 6.42 Å². The van der Waals surface area contributed by atoms with Crippen molar-refractivity contribution < 1.29 is 4.52 Å². The highest BCUT2D eigenvalue weighted by molar-refractivity contribution is 4.79. The molecule has 1 aromatic rings. The average molecular weight is 155 g/mol. The molecule has 1 heterocycles. The van der Waals surface area contributed by atoms with E-state index in [4.69, 9.17) is 4.52 Å². The summed E-state index contributed by atoms with van der Waals surface area (Å²) in [6.45, 7) is 5.13. The van der Waals surface area contributed by atoms with Crippen molar-refractivity contribution in [3.05, 3.63) is 12.2 Å². The van der Waals surface area contributed by atoms with Gasteiger partial charge in [-0.2, -0.15) is 4.98 Å². The quantitative estimate of drug-likeness (QED) is 0.692. The molecule has 0 spiro atoms. The maximum Gasteiger partial charge on any atom is 0.227 e. The van der Waals surface area contributed by atoms with E-state index in [1.54, 1.807) is 0 Å². The Morgan fingerprint density at radius 1 is 1.73 bits per heavy atom. The number of hydrogen-bond donors (Lipinski definition) is 1. The van der Waals surface area contributed by atoms with Gasteiger partial charge in [0.15, 0.2) is 6.33 Å². The van der Waals surface area contributed by atoms with Crippen molar-refractivity contribution in [1.29, 1.82) is 0 Å². The van der Waals surface area contributed by atoms with Crippen molar-refractivity contribution in [3.63, 3.8) is 0 Å². The zero-order valence-corrected chi connectivity index (χ0v) is 6.87. The molecule has 1 N–H and O–H groups in total. The number of nitrogens with zero attached hydrogens (tertiary/aromatic N) is 2. The van der Waals surface area contributed by atoms with E-state index < -0.39 is 0 Å². The van der Waals surface area contributed by atoms with Crippen LogP contribution in [0.1, 0.15) is 19.7 Å². The van der Waals surface area contributed by atoms with E-state index in [9.17, 15) is 0 Å². The summed E-state index contributed by atoms with van der Waals surface area (Å²) in [5.41, 5.74) is 0. The summed E-state index contributed by atoms with van der Waals surface area (Å²) in [5.74, 6) is 0.693. The normalized spacial score (nSPS) is 13.3. The molecule has 0 fully saturated rings. The van der Waals surface area contributed by atoms with Gasteiger partial charge in [-0.05, 0) is 13.5 Å². The van der Waals surface area contributed by atoms with Crippen LogP contribution in [0.3, 0.4) is 0 Å². The van der Waals surface area contributed by atoms with Gasteiger partial charge in [0.1, 0.15) is 0 Å². The van der Waals surface area contributed by atoms with Crippen LogP contribution in [0.2, 0.25) is 0 Å². The summed E-state index contributed by atoms with van der Waals surface area (Å²) in [4.78, 5) is 3.92. The molecule has 0 aliphatic rings. The Labute approximate surface area is 66.0 Å². The summed E-state index contributed by atoms with van der Waals surface area (Å²) in [5, 5.41) is 6.78. The number of aromatic nitrogens is 2. The van der Waals surface area contributed by atoms with Gasteiger partial charge in [0.25, 0.3) is 0 Å². The fourth-order valence-corrected chi connectivity index (χ4v) is 0.968. The first-order valence-electron chi connectivity index (χ1n) is 3.82. The molecule has 0 aromatic carbocycles. The molecule has 1 aromatic heterocycles. The second kappa shape index (κ2) is 4.08. The zero-order valence-electron chi connectivity index (χ0n) is 6.87. The molecular formula is C7H13N3O. The first-order chi connectivity index (χ1) is 5.33. The Morgan fingerprint density at radius 3 is 3.09 bits per heavy atom. The lowest BCUT2D eigenvalue weighted by Crippen LogP contribution is -2.27. The van der Waals surface area contributed by atoms with Crippen molar-refractivity contribution >= 4 is 0 Å². The maximum atomic E-state index is 4.85. The third-order valence-electron chi connectivity index (χ3n) is 1.44. The fraction of sp³-hybridized carbons (Fsp3) is 0.714. The molecule has 1 unspecified atom stereocenters. The molecule has 4 heteroatoms. The summed E-state index contributed by atoms with van der Waals surface area (Å²) >= 11 is 0. The Hall–Kier alpha value is -0.900. The van der Waals surface area contributed by atoms with Gasteiger partial charge in [0, 0.05) is 12.5 Å². The van der Waals surface area contributed by atoms with Gasteiger partial charge >= 0.3 is 0 Å². The van der Waals surface area contributed by atoms with Gasteiger partial charge in [-0.15, -0.1) is 0 Å². The minimum atomic E-state index is 0.403. The minimum Gasteiger partial charge on any atom is -0.340 e. The Bertz CT molecular complexity index is 186. The predicted octanol–water partition coefficient (Wildman–Crippen LogP) is 0.610. The van der Waals surface area contributed by atoms with E-state index in [0.29, 0.717) is 11.9 Å². The number of hydrogen-bond acceptors (Lipinski definition) is 4. The molecule has 4 nitrogen and oxygen atoms in total. The largest absolute Gasteiger partial charge is 0.340 e. The van der Waals surface area contributed by atoms with Crippen LogP contribution >= 0.6 is 0 Å². The van der Waals surface area contributed by atoms with Gasteiger partial charge in [-0.1, -0.05) is 12.1 Å². The molecule has 1 rings (SSSR count).